The smallest absolute Gasteiger partial charge is 0.303 e. The fourth-order valence-corrected chi connectivity index (χ4v) is 6.18. The molecule has 10 nitrogen and oxygen atoms in total. The number of amides is 1. The number of sulfonamides is 1. The van der Waals surface area contributed by atoms with Crippen molar-refractivity contribution in [1.82, 2.24) is 14.9 Å². The average Bonchev–Trinajstić information content (AvgIpc) is 2.90. The number of carbonyl (C=O) groups excluding carboxylic acids is 1. The van der Waals surface area contributed by atoms with Crippen molar-refractivity contribution < 1.29 is 23.1 Å². The van der Waals surface area contributed by atoms with Crippen molar-refractivity contribution in [3.8, 4) is 0 Å². The van der Waals surface area contributed by atoms with E-state index in [1.165, 1.54) is 6.07 Å². The van der Waals surface area contributed by atoms with Gasteiger partial charge in [0.2, 0.25) is 15.9 Å². The summed E-state index contributed by atoms with van der Waals surface area (Å²) < 4.78 is 29.7. The Morgan fingerprint density at radius 1 is 1.10 bits per heavy atom. The lowest BCUT2D eigenvalue weighted by Gasteiger charge is -2.34. The molecule has 0 bridgehead atoms. The van der Waals surface area contributed by atoms with Crippen molar-refractivity contribution in [2.75, 3.05) is 19.6 Å². The Bertz CT molecular complexity index is 1260. The summed E-state index contributed by atoms with van der Waals surface area (Å²) in [5, 5.41) is 19.1. The number of carboxylic acids is 1. The van der Waals surface area contributed by atoms with Crippen LogP contribution in [0.1, 0.15) is 57.1 Å². The highest BCUT2D eigenvalue weighted by Crippen LogP contribution is 2.32. The van der Waals surface area contributed by atoms with Gasteiger partial charge in [0.15, 0.2) is 5.96 Å². The number of nitrogens with one attached hydrogen (secondary N) is 3. The van der Waals surface area contributed by atoms with Gasteiger partial charge in [0.05, 0.1) is 4.90 Å². The van der Waals surface area contributed by atoms with Crippen LogP contribution in [0.25, 0.3) is 0 Å². The van der Waals surface area contributed by atoms with Crippen LogP contribution < -0.4 is 15.8 Å². The molecule has 1 amide bonds. The molecule has 0 unspecified atom stereocenters. The van der Waals surface area contributed by atoms with Gasteiger partial charge in [-0.25, -0.2) is 8.42 Å². The molecule has 0 aromatic heterocycles. The van der Waals surface area contributed by atoms with E-state index in [1.807, 2.05) is 50.2 Å². The van der Waals surface area contributed by atoms with Crippen LogP contribution in [0.15, 0.2) is 59.5 Å². The van der Waals surface area contributed by atoms with Gasteiger partial charge in [-0.3, -0.25) is 15.0 Å². The summed E-state index contributed by atoms with van der Waals surface area (Å²) in [6, 6.07) is 15.6. The van der Waals surface area contributed by atoms with Crippen LogP contribution in [-0.4, -0.2) is 61.9 Å². The average molecular weight is 558 g/mol. The van der Waals surface area contributed by atoms with Crippen LogP contribution >= 0.6 is 0 Å². The standard InChI is InChI=1S/C28H39N5O5S/c1-28(2,21-8-4-3-5-9-21)22-10-6-11-23(19-22)39(37,38)32-24(12-7-15-31-27(29)30)26(36)33-16-13-20(14-17-33)18-25(34)35/h3-6,8-11,19-20,24,32H,7,12-18H2,1-2H3,(H,34,35)(H4,29,30,31)/t24-/m0/s1. The molecule has 2 aromatic carbocycles. The van der Waals surface area contributed by atoms with Crippen molar-refractivity contribution in [3.63, 3.8) is 0 Å². The second kappa shape index (κ2) is 13.1. The first-order chi connectivity index (χ1) is 18.4. The van der Waals surface area contributed by atoms with E-state index in [1.54, 1.807) is 17.0 Å². The molecule has 11 heteroatoms. The quantitative estimate of drug-likeness (QED) is 0.152. The van der Waals surface area contributed by atoms with Gasteiger partial charge in [0, 0.05) is 31.5 Å². The van der Waals surface area contributed by atoms with Gasteiger partial charge in [-0.1, -0.05) is 56.3 Å². The first-order valence-corrected chi connectivity index (χ1v) is 14.7. The number of piperidine rings is 1. The highest BCUT2D eigenvalue weighted by Gasteiger charge is 2.32. The molecule has 0 saturated carbocycles. The maximum Gasteiger partial charge on any atom is 0.303 e. The molecule has 212 valence electrons. The van der Waals surface area contributed by atoms with Crippen LogP contribution in [0.2, 0.25) is 0 Å². The number of nitrogens with zero attached hydrogens (tertiary/aromatic N) is 1. The van der Waals surface area contributed by atoms with Crippen molar-refractivity contribution >= 4 is 27.9 Å². The molecule has 1 aliphatic heterocycles. The first-order valence-electron chi connectivity index (χ1n) is 13.2. The molecule has 0 radical (unpaired) electrons. The molecule has 3 rings (SSSR count). The number of hydrogen-bond donors (Lipinski definition) is 5. The third-order valence-electron chi connectivity index (χ3n) is 7.33. The Kier molecular flexibility index (Phi) is 10.1. The largest absolute Gasteiger partial charge is 0.481 e. The number of nitrogens with two attached hydrogens (primary N) is 1. The SMILES string of the molecule is CC(C)(c1ccccc1)c1cccc(S(=O)(=O)N[C@@H](CCCNC(=N)N)C(=O)N2CCC(CC(=O)O)CC2)c1. The molecule has 1 aliphatic rings. The highest BCUT2D eigenvalue weighted by atomic mass is 32.2. The molecule has 0 aliphatic carbocycles. The third-order valence-corrected chi connectivity index (χ3v) is 8.80. The monoisotopic (exact) mass is 557 g/mol. The Morgan fingerprint density at radius 2 is 1.74 bits per heavy atom. The van der Waals surface area contributed by atoms with E-state index in [9.17, 15) is 18.0 Å². The summed E-state index contributed by atoms with van der Waals surface area (Å²) in [5.41, 5.74) is 6.77. The second-order valence-corrected chi connectivity index (χ2v) is 12.3. The molecule has 1 saturated heterocycles. The van der Waals surface area contributed by atoms with Gasteiger partial charge >= 0.3 is 5.97 Å². The summed E-state index contributed by atoms with van der Waals surface area (Å²) in [6.07, 6.45) is 1.79. The number of carboxylic acid groups (broad SMARTS) is 1. The van der Waals surface area contributed by atoms with Gasteiger partial charge in [0.1, 0.15) is 6.04 Å². The molecule has 1 atom stereocenters. The van der Waals surface area contributed by atoms with E-state index in [2.05, 4.69) is 10.0 Å². The predicted molar refractivity (Wildman–Crippen MR) is 150 cm³/mol. The number of hydrogen-bond acceptors (Lipinski definition) is 5. The minimum atomic E-state index is -4.05. The van der Waals surface area contributed by atoms with E-state index >= 15 is 0 Å². The van der Waals surface area contributed by atoms with Gasteiger partial charge in [-0.05, 0) is 54.9 Å². The topological polar surface area (TPSA) is 166 Å². The number of rotatable bonds is 12. The highest BCUT2D eigenvalue weighted by molar-refractivity contribution is 7.89. The second-order valence-electron chi connectivity index (χ2n) is 10.5. The maximum absolute atomic E-state index is 13.5. The number of carbonyl (C=O) groups is 2. The summed E-state index contributed by atoms with van der Waals surface area (Å²) >= 11 is 0. The number of guanidine groups is 1. The normalized spacial score (nSPS) is 15.5. The summed E-state index contributed by atoms with van der Waals surface area (Å²) in [4.78, 5) is 26.2. The minimum Gasteiger partial charge on any atom is -0.481 e. The zero-order valence-corrected chi connectivity index (χ0v) is 23.3. The Labute approximate surface area is 230 Å². The van der Waals surface area contributed by atoms with Crippen molar-refractivity contribution in [3.05, 3.63) is 65.7 Å². The van der Waals surface area contributed by atoms with Crippen molar-refractivity contribution in [1.29, 1.82) is 5.41 Å². The molecular formula is C28H39N5O5S. The summed E-state index contributed by atoms with van der Waals surface area (Å²) in [7, 11) is -4.05. The number of aliphatic carboxylic acids is 1. The Hall–Kier alpha value is -3.44. The van der Waals surface area contributed by atoms with Gasteiger partial charge in [-0.15, -0.1) is 0 Å². The van der Waals surface area contributed by atoms with Crippen LogP contribution in [0.3, 0.4) is 0 Å². The zero-order valence-electron chi connectivity index (χ0n) is 22.5. The molecule has 2 aromatic rings. The third kappa shape index (κ3) is 8.27. The molecule has 6 N–H and O–H groups in total. The number of benzene rings is 2. The van der Waals surface area contributed by atoms with E-state index in [0.29, 0.717) is 38.9 Å². The molecule has 0 spiro atoms. The van der Waals surface area contributed by atoms with Gasteiger partial charge in [-0.2, -0.15) is 4.72 Å². The Balaban J connectivity index is 1.79. The van der Waals surface area contributed by atoms with E-state index in [-0.39, 0.29) is 35.5 Å². The van der Waals surface area contributed by atoms with Crippen molar-refractivity contribution in [2.24, 2.45) is 11.7 Å². The fraction of sp³-hybridized carbons (Fsp3) is 0.464. The van der Waals surface area contributed by atoms with Crippen LogP contribution in [0, 0.1) is 11.3 Å². The minimum absolute atomic E-state index is 0.00262. The summed E-state index contributed by atoms with van der Waals surface area (Å²) in [6.45, 7) is 5.14. The molecule has 1 heterocycles. The van der Waals surface area contributed by atoms with Crippen LogP contribution in [-0.2, 0) is 25.0 Å². The first kappa shape index (κ1) is 30.1. The lowest BCUT2D eigenvalue weighted by molar-refractivity contribution is -0.139. The maximum atomic E-state index is 13.5. The van der Waals surface area contributed by atoms with Crippen LogP contribution in [0.4, 0.5) is 0 Å². The molecular weight excluding hydrogens is 518 g/mol. The van der Waals surface area contributed by atoms with E-state index < -0.39 is 27.4 Å². The zero-order chi connectivity index (χ0) is 28.6. The van der Waals surface area contributed by atoms with Gasteiger partial charge < -0.3 is 21.1 Å². The van der Waals surface area contributed by atoms with E-state index in [0.717, 1.165) is 11.1 Å². The van der Waals surface area contributed by atoms with Crippen LogP contribution in [0.5, 0.6) is 0 Å². The Morgan fingerprint density at radius 3 is 2.36 bits per heavy atom. The lowest BCUT2D eigenvalue weighted by Crippen LogP contribution is -2.51. The molecule has 1 fully saturated rings. The summed E-state index contributed by atoms with van der Waals surface area (Å²) in [5.74, 6) is -1.40. The van der Waals surface area contributed by atoms with Gasteiger partial charge in [0.25, 0.3) is 0 Å². The predicted octanol–water partition coefficient (Wildman–Crippen LogP) is 2.64. The lowest BCUT2D eigenvalue weighted by atomic mass is 9.78. The van der Waals surface area contributed by atoms with E-state index in [4.69, 9.17) is 16.2 Å². The van der Waals surface area contributed by atoms with Crippen molar-refractivity contribution in [2.45, 2.75) is 62.3 Å². The molecule has 39 heavy (non-hydrogen) atoms. The fourth-order valence-electron chi connectivity index (χ4n) is 4.92. The number of likely N-dealkylation sites (tertiary alicyclic amines) is 1.